The number of hydrogen-bond donors (Lipinski definition) is 1. The number of carbonyl (C=O) groups excluding carboxylic acids is 1. The van der Waals surface area contributed by atoms with Crippen LogP contribution in [0.15, 0.2) is 64.4 Å². The number of nitrogens with one attached hydrogen (secondary N) is 1. The van der Waals surface area contributed by atoms with Gasteiger partial charge in [-0.3, -0.25) is 9.78 Å². The van der Waals surface area contributed by atoms with Crippen LogP contribution in [0.25, 0.3) is 0 Å². The fourth-order valence-corrected chi connectivity index (χ4v) is 3.49. The summed E-state index contributed by atoms with van der Waals surface area (Å²) in [7, 11) is -3.69. The van der Waals surface area contributed by atoms with Crippen LogP contribution in [-0.2, 0) is 22.0 Å². The third-order valence-electron chi connectivity index (χ3n) is 3.66. The molecule has 27 heavy (non-hydrogen) atoms. The Morgan fingerprint density at radius 3 is 2.56 bits per heavy atom. The highest BCUT2D eigenvalue weighted by Crippen LogP contribution is 2.15. The Kier molecular flexibility index (Phi) is 5.92. The summed E-state index contributed by atoms with van der Waals surface area (Å²) >= 11 is 0. The fourth-order valence-electron chi connectivity index (χ4n) is 2.35. The number of amides is 1. The maximum absolute atomic E-state index is 12.3. The van der Waals surface area contributed by atoms with Gasteiger partial charge in [-0.2, -0.15) is 0 Å². The van der Waals surface area contributed by atoms with Crippen molar-refractivity contribution in [2.24, 2.45) is 0 Å². The van der Waals surface area contributed by atoms with Crippen LogP contribution < -0.4 is 5.32 Å². The molecule has 0 bridgehead atoms. The first kappa shape index (κ1) is 18.7. The number of nitrogens with zero attached hydrogens (tertiary/aromatic N) is 3. The second kappa shape index (κ2) is 8.54. The largest absolute Gasteiger partial charge is 0.413 e. The first-order chi connectivity index (χ1) is 13.0. The lowest BCUT2D eigenvalue weighted by Crippen LogP contribution is -2.25. The molecule has 0 unspecified atom stereocenters. The molecule has 0 aliphatic heterocycles. The molecule has 140 valence electrons. The van der Waals surface area contributed by atoms with E-state index in [2.05, 4.69) is 20.5 Å². The molecule has 1 aromatic carbocycles. The Hall–Kier alpha value is -3.07. The van der Waals surface area contributed by atoms with E-state index in [1.54, 1.807) is 48.7 Å². The SMILES string of the molecule is O=C(NCCCc1nnc(S(=O)(=O)Cc2ccccc2)o1)c1ccccn1. The zero-order chi connectivity index (χ0) is 19.1. The van der Waals surface area contributed by atoms with Crippen LogP contribution in [-0.4, -0.2) is 36.1 Å². The molecule has 3 aromatic rings. The minimum absolute atomic E-state index is 0.199. The number of carbonyl (C=O) groups is 1. The summed E-state index contributed by atoms with van der Waals surface area (Å²) in [5.41, 5.74) is 0.985. The van der Waals surface area contributed by atoms with E-state index in [4.69, 9.17) is 4.42 Å². The minimum Gasteiger partial charge on any atom is -0.413 e. The molecule has 0 atom stereocenters. The van der Waals surface area contributed by atoms with Gasteiger partial charge in [-0.1, -0.05) is 41.5 Å². The summed E-state index contributed by atoms with van der Waals surface area (Å²) in [5, 5.41) is 9.76. The molecule has 9 heteroatoms. The molecule has 0 aliphatic carbocycles. The van der Waals surface area contributed by atoms with Crippen molar-refractivity contribution in [2.45, 2.75) is 23.8 Å². The van der Waals surface area contributed by atoms with E-state index in [1.165, 1.54) is 0 Å². The van der Waals surface area contributed by atoms with Gasteiger partial charge in [0.25, 0.3) is 5.91 Å². The van der Waals surface area contributed by atoms with E-state index >= 15 is 0 Å². The first-order valence-electron chi connectivity index (χ1n) is 8.33. The van der Waals surface area contributed by atoms with E-state index in [1.807, 2.05) is 6.07 Å². The van der Waals surface area contributed by atoms with E-state index in [9.17, 15) is 13.2 Å². The lowest BCUT2D eigenvalue weighted by Gasteiger charge is -2.03. The standard InChI is InChI=1S/C18H18N4O4S/c23-17(15-9-4-5-11-19-15)20-12-6-10-16-21-22-18(26-16)27(24,25)13-14-7-2-1-3-8-14/h1-5,7-9,11H,6,10,12-13H2,(H,20,23). The van der Waals surface area contributed by atoms with E-state index in [-0.39, 0.29) is 22.8 Å². The maximum Gasteiger partial charge on any atom is 0.335 e. The summed E-state index contributed by atoms with van der Waals surface area (Å²) in [6, 6.07) is 13.9. The average Bonchev–Trinajstić information content (AvgIpc) is 3.16. The molecule has 8 nitrogen and oxygen atoms in total. The predicted octanol–water partition coefficient (Wildman–Crippen LogP) is 1.80. The van der Waals surface area contributed by atoms with Crippen LogP contribution >= 0.6 is 0 Å². The quantitative estimate of drug-likeness (QED) is 0.587. The Bertz CT molecular complexity index is 988. The van der Waals surface area contributed by atoms with Gasteiger partial charge in [0.1, 0.15) is 5.69 Å². The normalized spacial score (nSPS) is 11.3. The second-order valence-electron chi connectivity index (χ2n) is 5.78. The van der Waals surface area contributed by atoms with Gasteiger partial charge in [-0.25, -0.2) is 8.42 Å². The molecular weight excluding hydrogens is 368 g/mol. The average molecular weight is 386 g/mol. The zero-order valence-corrected chi connectivity index (χ0v) is 15.2. The minimum atomic E-state index is -3.69. The van der Waals surface area contributed by atoms with Crippen LogP contribution in [0.5, 0.6) is 0 Å². The van der Waals surface area contributed by atoms with Crippen molar-refractivity contribution < 1.29 is 17.6 Å². The number of pyridine rings is 1. The number of rotatable bonds is 8. The Morgan fingerprint density at radius 2 is 1.81 bits per heavy atom. The van der Waals surface area contributed by atoms with Crippen LogP contribution in [0, 0.1) is 0 Å². The van der Waals surface area contributed by atoms with Crippen molar-refractivity contribution in [1.82, 2.24) is 20.5 Å². The van der Waals surface area contributed by atoms with E-state index in [0.717, 1.165) is 0 Å². The molecule has 0 aliphatic rings. The van der Waals surface area contributed by atoms with Gasteiger partial charge in [0, 0.05) is 19.2 Å². The summed E-state index contributed by atoms with van der Waals surface area (Å²) in [5.74, 6) is -0.253. The molecule has 0 saturated carbocycles. The van der Waals surface area contributed by atoms with Crippen molar-refractivity contribution in [3.05, 3.63) is 71.9 Å². The molecule has 0 spiro atoms. The summed E-state index contributed by atoms with van der Waals surface area (Å²) < 4.78 is 29.9. The van der Waals surface area contributed by atoms with Gasteiger partial charge in [-0.05, 0) is 24.1 Å². The number of hydrogen-bond acceptors (Lipinski definition) is 7. The Labute approximate surface area is 156 Å². The first-order valence-corrected chi connectivity index (χ1v) is 9.98. The molecule has 0 fully saturated rings. The van der Waals surface area contributed by atoms with Crippen molar-refractivity contribution in [3.63, 3.8) is 0 Å². The maximum atomic E-state index is 12.3. The van der Waals surface area contributed by atoms with Crippen molar-refractivity contribution >= 4 is 15.7 Å². The monoisotopic (exact) mass is 386 g/mol. The molecule has 0 saturated heterocycles. The topological polar surface area (TPSA) is 115 Å². The van der Waals surface area contributed by atoms with Gasteiger partial charge in [0.05, 0.1) is 5.75 Å². The molecule has 2 aromatic heterocycles. The highest BCUT2D eigenvalue weighted by molar-refractivity contribution is 7.90. The highest BCUT2D eigenvalue weighted by atomic mass is 32.2. The van der Waals surface area contributed by atoms with Crippen molar-refractivity contribution in [1.29, 1.82) is 0 Å². The van der Waals surface area contributed by atoms with Gasteiger partial charge in [-0.15, -0.1) is 5.10 Å². The fraction of sp³-hybridized carbons (Fsp3) is 0.222. The molecule has 1 amide bonds. The third-order valence-corrected chi connectivity index (χ3v) is 5.07. The van der Waals surface area contributed by atoms with Gasteiger partial charge < -0.3 is 9.73 Å². The number of aromatic nitrogens is 3. The van der Waals surface area contributed by atoms with Crippen molar-refractivity contribution in [2.75, 3.05) is 6.54 Å². The summed E-state index contributed by atoms with van der Waals surface area (Å²) in [6.45, 7) is 0.379. The molecule has 1 N–H and O–H groups in total. The predicted molar refractivity (Wildman–Crippen MR) is 96.5 cm³/mol. The smallest absolute Gasteiger partial charge is 0.335 e. The second-order valence-corrected chi connectivity index (χ2v) is 7.65. The van der Waals surface area contributed by atoms with Crippen LogP contribution in [0.4, 0.5) is 0 Å². The van der Waals surface area contributed by atoms with E-state index < -0.39 is 9.84 Å². The number of benzene rings is 1. The highest BCUT2D eigenvalue weighted by Gasteiger charge is 2.22. The molecule has 2 heterocycles. The van der Waals surface area contributed by atoms with Gasteiger partial charge in [0.15, 0.2) is 0 Å². The lowest BCUT2D eigenvalue weighted by molar-refractivity contribution is 0.0948. The zero-order valence-electron chi connectivity index (χ0n) is 14.4. The van der Waals surface area contributed by atoms with Crippen LogP contribution in [0.2, 0.25) is 0 Å². The molecule has 0 radical (unpaired) electrons. The molecular formula is C18H18N4O4S. The lowest BCUT2D eigenvalue weighted by atomic mass is 10.2. The number of sulfone groups is 1. The third kappa shape index (κ3) is 5.20. The van der Waals surface area contributed by atoms with Gasteiger partial charge in [0.2, 0.25) is 15.7 Å². The van der Waals surface area contributed by atoms with Crippen LogP contribution in [0.3, 0.4) is 0 Å². The summed E-state index contributed by atoms with van der Waals surface area (Å²) in [4.78, 5) is 15.8. The molecule has 3 rings (SSSR count). The summed E-state index contributed by atoms with van der Waals surface area (Å²) in [6.07, 6.45) is 2.43. The van der Waals surface area contributed by atoms with Gasteiger partial charge >= 0.3 is 5.22 Å². The van der Waals surface area contributed by atoms with E-state index in [0.29, 0.717) is 30.6 Å². The Morgan fingerprint density at radius 1 is 1.04 bits per heavy atom. The Balaban J connectivity index is 1.50. The van der Waals surface area contributed by atoms with Crippen molar-refractivity contribution in [3.8, 4) is 0 Å². The van der Waals surface area contributed by atoms with Crippen LogP contribution in [0.1, 0.15) is 28.4 Å². The number of aryl methyl sites for hydroxylation is 1.